The van der Waals surface area contributed by atoms with Gasteiger partial charge in [0.15, 0.2) is 0 Å². The van der Waals surface area contributed by atoms with Gasteiger partial charge in [0.05, 0.1) is 41.7 Å². The number of carbonyl (C=O) groups is 1. The van der Waals surface area contributed by atoms with Crippen LogP contribution in [-0.4, -0.2) is 51.8 Å². The molecule has 4 heterocycles. The molecule has 0 saturated heterocycles. The minimum atomic E-state index is -1.30. The van der Waals surface area contributed by atoms with Gasteiger partial charge in [-0.2, -0.15) is 0 Å². The number of carbonyl (C=O) groups excluding carboxylic acids is 1. The van der Waals surface area contributed by atoms with Crippen LogP contribution in [0.15, 0.2) is 53.1 Å². The zero-order chi connectivity index (χ0) is 23.4. The van der Waals surface area contributed by atoms with Gasteiger partial charge in [-0.1, -0.05) is 6.07 Å². The lowest BCUT2D eigenvalue weighted by molar-refractivity contribution is 0.187. The molecule has 11 heteroatoms. The predicted octanol–water partition coefficient (Wildman–Crippen LogP) is 3.93. The molecule has 4 aromatic rings. The monoisotopic (exact) mass is 483 g/mol. The van der Waals surface area contributed by atoms with Crippen LogP contribution in [-0.2, 0) is 20.3 Å². The SMILES string of the molecule is COCCS(=O)c1sc2nc(-c3ccc(NC(=O)OC)nc3)cc(-c3cccnc3)c2c1N. The molecule has 1 atom stereocenters. The largest absolute Gasteiger partial charge is 0.453 e. The van der Waals surface area contributed by atoms with Crippen molar-refractivity contribution in [3.63, 3.8) is 0 Å². The number of amides is 1. The first kappa shape index (κ1) is 22.8. The highest BCUT2D eigenvalue weighted by atomic mass is 32.2. The lowest BCUT2D eigenvalue weighted by atomic mass is 10.0. The fraction of sp³-hybridized carbons (Fsp3) is 0.182. The number of thiophene rings is 1. The molecule has 0 aromatic carbocycles. The Morgan fingerprint density at radius 1 is 1.21 bits per heavy atom. The Balaban J connectivity index is 1.83. The van der Waals surface area contributed by atoms with Crippen LogP contribution in [0.4, 0.5) is 16.3 Å². The summed E-state index contributed by atoms with van der Waals surface area (Å²) < 4.78 is 23.0. The van der Waals surface area contributed by atoms with E-state index in [0.29, 0.717) is 38.6 Å². The van der Waals surface area contributed by atoms with Gasteiger partial charge >= 0.3 is 6.09 Å². The topological polar surface area (TPSA) is 129 Å². The van der Waals surface area contributed by atoms with Crippen molar-refractivity contribution in [1.29, 1.82) is 0 Å². The van der Waals surface area contributed by atoms with Crippen LogP contribution in [0, 0.1) is 0 Å². The highest BCUT2D eigenvalue weighted by Gasteiger charge is 2.21. The summed E-state index contributed by atoms with van der Waals surface area (Å²) in [5.74, 6) is 0.705. The maximum absolute atomic E-state index is 12.8. The maximum atomic E-state index is 12.8. The first-order valence-electron chi connectivity index (χ1n) is 9.84. The zero-order valence-electron chi connectivity index (χ0n) is 17.9. The molecule has 9 nitrogen and oxygen atoms in total. The molecule has 0 spiro atoms. The van der Waals surface area contributed by atoms with E-state index >= 15 is 0 Å². The lowest BCUT2D eigenvalue weighted by Gasteiger charge is -2.09. The Hall–Kier alpha value is -3.41. The highest BCUT2D eigenvalue weighted by Crippen LogP contribution is 2.42. The number of nitrogens with one attached hydrogen (secondary N) is 1. The van der Waals surface area contributed by atoms with E-state index in [4.69, 9.17) is 15.5 Å². The molecular weight excluding hydrogens is 462 g/mol. The molecule has 1 amide bonds. The van der Waals surface area contributed by atoms with E-state index in [1.165, 1.54) is 18.4 Å². The molecule has 0 radical (unpaired) electrons. The third kappa shape index (κ3) is 4.85. The number of hydrogen-bond donors (Lipinski definition) is 2. The average Bonchev–Trinajstić information content (AvgIpc) is 3.19. The summed E-state index contributed by atoms with van der Waals surface area (Å²) in [6, 6.07) is 9.15. The van der Waals surface area contributed by atoms with Gasteiger partial charge < -0.3 is 15.2 Å². The van der Waals surface area contributed by atoms with Crippen molar-refractivity contribution in [2.45, 2.75) is 4.21 Å². The van der Waals surface area contributed by atoms with E-state index < -0.39 is 16.9 Å². The number of nitrogens with two attached hydrogens (primary N) is 1. The number of pyridine rings is 3. The van der Waals surface area contributed by atoms with Gasteiger partial charge in [-0.15, -0.1) is 11.3 Å². The van der Waals surface area contributed by atoms with Gasteiger partial charge in [-0.05, 0) is 29.8 Å². The number of methoxy groups -OCH3 is 2. The third-order valence-corrected chi connectivity index (χ3v) is 7.66. The summed E-state index contributed by atoms with van der Waals surface area (Å²) in [4.78, 5) is 25.3. The predicted molar refractivity (Wildman–Crippen MR) is 130 cm³/mol. The first-order chi connectivity index (χ1) is 16.0. The van der Waals surface area contributed by atoms with Crippen molar-refractivity contribution >= 4 is 50.0 Å². The van der Waals surface area contributed by atoms with E-state index in [9.17, 15) is 9.00 Å². The van der Waals surface area contributed by atoms with E-state index in [2.05, 4.69) is 20.0 Å². The number of nitrogens with zero attached hydrogens (tertiary/aromatic N) is 3. The van der Waals surface area contributed by atoms with Crippen molar-refractivity contribution in [3.8, 4) is 22.4 Å². The molecule has 0 saturated carbocycles. The van der Waals surface area contributed by atoms with Crippen LogP contribution in [0.3, 0.4) is 0 Å². The second-order valence-electron chi connectivity index (χ2n) is 6.87. The molecule has 0 aliphatic carbocycles. The molecule has 4 rings (SSSR count). The van der Waals surface area contributed by atoms with E-state index in [1.54, 1.807) is 37.8 Å². The zero-order valence-corrected chi connectivity index (χ0v) is 19.5. The van der Waals surface area contributed by atoms with Crippen molar-refractivity contribution < 1.29 is 18.5 Å². The quantitative estimate of drug-likeness (QED) is 0.404. The van der Waals surface area contributed by atoms with Crippen molar-refractivity contribution in [2.24, 2.45) is 0 Å². The van der Waals surface area contributed by atoms with Crippen molar-refractivity contribution in [1.82, 2.24) is 15.0 Å². The molecule has 3 N–H and O–H groups in total. The van der Waals surface area contributed by atoms with Crippen LogP contribution in [0.5, 0.6) is 0 Å². The summed E-state index contributed by atoms with van der Waals surface area (Å²) in [6.07, 6.45) is 4.46. The fourth-order valence-electron chi connectivity index (χ4n) is 3.19. The van der Waals surface area contributed by atoms with E-state index in [0.717, 1.165) is 22.1 Å². The minimum Gasteiger partial charge on any atom is -0.453 e. The standard InChI is InChI=1S/C22H21N5O4S2/c1-30-8-9-33(29)21-19(23)18-15(13-4-3-7-24-11-13)10-16(26-20(18)32-21)14-5-6-17(25-12-14)27-22(28)31-2/h3-7,10-12H,8-9,23H2,1-2H3,(H,25,27,28). The Bertz CT molecular complexity index is 1310. The van der Waals surface area contributed by atoms with Crippen molar-refractivity contribution in [2.75, 3.05) is 37.6 Å². The molecule has 1 unspecified atom stereocenters. The first-order valence-corrected chi connectivity index (χ1v) is 12.0. The van der Waals surface area contributed by atoms with Crippen LogP contribution >= 0.6 is 11.3 Å². The molecule has 0 bridgehead atoms. The number of nitrogen functional groups attached to an aromatic ring is 1. The molecule has 0 aliphatic rings. The number of rotatable bonds is 7. The number of anilines is 2. The summed E-state index contributed by atoms with van der Waals surface area (Å²) in [5.41, 5.74) is 10.0. The second kappa shape index (κ2) is 10.0. The van der Waals surface area contributed by atoms with Crippen LogP contribution < -0.4 is 11.1 Å². The smallest absolute Gasteiger partial charge is 0.412 e. The fourth-order valence-corrected chi connectivity index (χ4v) is 5.76. The summed E-state index contributed by atoms with van der Waals surface area (Å²) in [5, 5.41) is 3.26. The molecule has 170 valence electrons. The maximum Gasteiger partial charge on any atom is 0.412 e. The van der Waals surface area contributed by atoms with Gasteiger partial charge in [0.25, 0.3) is 0 Å². The summed E-state index contributed by atoms with van der Waals surface area (Å²) >= 11 is 1.31. The highest BCUT2D eigenvalue weighted by molar-refractivity contribution is 7.87. The number of fused-ring (bicyclic) bond motifs is 1. The molecule has 33 heavy (non-hydrogen) atoms. The normalized spacial score (nSPS) is 11.9. The van der Waals surface area contributed by atoms with Gasteiger partial charge in [0.1, 0.15) is 14.9 Å². The summed E-state index contributed by atoms with van der Waals surface area (Å²) in [7, 11) is 1.55. The Kier molecular flexibility index (Phi) is 6.92. The Morgan fingerprint density at radius 2 is 2.06 bits per heavy atom. The molecular formula is C22H21N5O4S2. The molecule has 0 aliphatic heterocycles. The van der Waals surface area contributed by atoms with Gasteiger partial charge in [-0.3, -0.25) is 14.5 Å². The van der Waals surface area contributed by atoms with Crippen LogP contribution in [0.25, 0.3) is 32.6 Å². The van der Waals surface area contributed by atoms with E-state index in [-0.39, 0.29) is 0 Å². The van der Waals surface area contributed by atoms with Crippen molar-refractivity contribution in [3.05, 3.63) is 48.9 Å². The number of ether oxygens (including phenoxy) is 2. The van der Waals surface area contributed by atoms with Gasteiger partial charge in [0, 0.05) is 42.2 Å². The molecule has 0 fully saturated rings. The third-order valence-electron chi connectivity index (χ3n) is 4.79. The van der Waals surface area contributed by atoms with Gasteiger partial charge in [-0.25, -0.2) is 14.8 Å². The van der Waals surface area contributed by atoms with Crippen LogP contribution in [0.2, 0.25) is 0 Å². The molecule has 4 aromatic heterocycles. The van der Waals surface area contributed by atoms with E-state index in [1.807, 2.05) is 18.2 Å². The second-order valence-corrected chi connectivity index (χ2v) is 9.64. The van der Waals surface area contributed by atoms with Gasteiger partial charge in [0.2, 0.25) is 0 Å². The number of aromatic nitrogens is 3. The summed E-state index contributed by atoms with van der Waals surface area (Å²) in [6.45, 7) is 0.367. The lowest BCUT2D eigenvalue weighted by Crippen LogP contribution is -2.11. The Labute approximate surface area is 196 Å². The minimum absolute atomic E-state index is 0.348. The van der Waals surface area contributed by atoms with Crippen LogP contribution in [0.1, 0.15) is 0 Å². The average molecular weight is 484 g/mol. The Morgan fingerprint density at radius 3 is 2.73 bits per heavy atom. The number of hydrogen-bond acceptors (Lipinski definition) is 9.